The van der Waals surface area contributed by atoms with Crippen molar-refractivity contribution in [3.05, 3.63) is 11.9 Å². The average molecular weight is 264 g/mol. The summed E-state index contributed by atoms with van der Waals surface area (Å²) in [5, 5.41) is 12.8. The molecule has 5 heteroatoms. The van der Waals surface area contributed by atoms with E-state index in [0.29, 0.717) is 5.92 Å². The maximum Gasteiger partial charge on any atom is 0.134 e. The zero-order valence-electron chi connectivity index (χ0n) is 12.1. The number of aliphatic hydroxyl groups is 1. The van der Waals surface area contributed by atoms with E-state index < -0.39 is 0 Å². The standard InChI is InChI=1S/C14H24N4O/c1-4-5-12-16-13(15-3)8-14(17-12)18-7-6-11(9-18)10(2)19/h8,10-11,19H,4-7,9H2,1-3H3,(H,15,16,17). The Morgan fingerprint density at radius 3 is 2.89 bits per heavy atom. The Kier molecular flexibility index (Phi) is 4.58. The van der Waals surface area contributed by atoms with Gasteiger partial charge in [0.15, 0.2) is 0 Å². The van der Waals surface area contributed by atoms with Crippen LogP contribution in [0, 0.1) is 5.92 Å². The molecule has 106 valence electrons. The SMILES string of the molecule is CCCc1nc(NC)cc(N2CCC(C(C)O)C2)n1. The summed E-state index contributed by atoms with van der Waals surface area (Å²) in [6.07, 6.45) is 2.73. The van der Waals surface area contributed by atoms with Gasteiger partial charge in [0.25, 0.3) is 0 Å². The molecular formula is C14H24N4O. The second kappa shape index (κ2) is 6.19. The van der Waals surface area contributed by atoms with Gasteiger partial charge in [-0.3, -0.25) is 0 Å². The maximum atomic E-state index is 9.68. The smallest absolute Gasteiger partial charge is 0.134 e. The third kappa shape index (κ3) is 3.35. The summed E-state index contributed by atoms with van der Waals surface area (Å²) in [5.74, 6) is 3.09. The summed E-state index contributed by atoms with van der Waals surface area (Å²) in [4.78, 5) is 11.4. The van der Waals surface area contributed by atoms with Gasteiger partial charge in [-0.2, -0.15) is 0 Å². The van der Waals surface area contributed by atoms with Crippen LogP contribution < -0.4 is 10.2 Å². The largest absolute Gasteiger partial charge is 0.393 e. The molecule has 0 bridgehead atoms. The number of hydrogen-bond acceptors (Lipinski definition) is 5. The Hall–Kier alpha value is -1.36. The van der Waals surface area contributed by atoms with Crippen molar-refractivity contribution < 1.29 is 5.11 Å². The van der Waals surface area contributed by atoms with Crippen LogP contribution in [-0.2, 0) is 6.42 Å². The fraction of sp³-hybridized carbons (Fsp3) is 0.714. The Labute approximate surface area is 115 Å². The van der Waals surface area contributed by atoms with Crippen molar-refractivity contribution in [2.75, 3.05) is 30.4 Å². The molecular weight excluding hydrogens is 240 g/mol. The summed E-state index contributed by atoms with van der Waals surface area (Å²) < 4.78 is 0. The molecule has 19 heavy (non-hydrogen) atoms. The monoisotopic (exact) mass is 264 g/mol. The Morgan fingerprint density at radius 1 is 1.53 bits per heavy atom. The molecule has 2 heterocycles. The fourth-order valence-electron chi connectivity index (χ4n) is 2.50. The number of anilines is 2. The molecule has 1 saturated heterocycles. The first kappa shape index (κ1) is 14.1. The molecule has 1 aliphatic heterocycles. The molecule has 0 amide bonds. The zero-order valence-corrected chi connectivity index (χ0v) is 12.1. The first-order valence-electron chi connectivity index (χ1n) is 7.12. The minimum Gasteiger partial charge on any atom is -0.393 e. The highest BCUT2D eigenvalue weighted by atomic mass is 16.3. The van der Waals surface area contributed by atoms with E-state index in [4.69, 9.17) is 0 Å². The number of hydrogen-bond donors (Lipinski definition) is 2. The molecule has 5 nitrogen and oxygen atoms in total. The van der Waals surface area contributed by atoms with Crippen molar-refractivity contribution in [2.45, 2.75) is 39.2 Å². The van der Waals surface area contributed by atoms with Crippen LogP contribution >= 0.6 is 0 Å². The van der Waals surface area contributed by atoms with Crippen LogP contribution in [0.1, 0.15) is 32.5 Å². The van der Waals surface area contributed by atoms with Crippen molar-refractivity contribution >= 4 is 11.6 Å². The van der Waals surface area contributed by atoms with Gasteiger partial charge in [0.2, 0.25) is 0 Å². The van der Waals surface area contributed by atoms with Crippen LogP contribution in [0.15, 0.2) is 6.07 Å². The molecule has 1 aromatic heterocycles. The van der Waals surface area contributed by atoms with E-state index >= 15 is 0 Å². The summed E-state index contributed by atoms with van der Waals surface area (Å²) in [5.41, 5.74) is 0. The number of nitrogens with zero attached hydrogens (tertiary/aromatic N) is 3. The lowest BCUT2D eigenvalue weighted by molar-refractivity contribution is 0.136. The molecule has 2 rings (SSSR count). The quantitative estimate of drug-likeness (QED) is 0.847. The number of aryl methyl sites for hydroxylation is 1. The predicted molar refractivity (Wildman–Crippen MR) is 77.6 cm³/mol. The molecule has 1 aromatic rings. The maximum absolute atomic E-state index is 9.68. The summed E-state index contributed by atoms with van der Waals surface area (Å²) >= 11 is 0. The Morgan fingerprint density at radius 2 is 2.32 bits per heavy atom. The van der Waals surface area contributed by atoms with Crippen molar-refractivity contribution in [3.8, 4) is 0 Å². The molecule has 2 unspecified atom stereocenters. The van der Waals surface area contributed by atoms with E-state index in [0.717, 1.165) is 49.8 Å². The summed E-state index contributed by atoms with van der Waals surface area (Å²) in [6.45, 7) is 5.84. The molecule has 2 atom stereocenters. The van der Waals surface area contributed by atoms with Gasteiger partial charge in [-0.05, 0) is 19.8 Å². The molecule has 2 N–H and O–H groups in total. The van der Waals surface area contributed by atoms with Gasteiger partial charge >= 0.3 is 0 Å². The van der Waals surface area contributed by atoms with Gasteiger partial charge in [0.05, 0.1) is 6.10 Å². The van der Waals surface area contributed by atoms with E-state index in [2.05, 4.69) is 27.1 Å². The lowest BCUT2D eigenvalue weighted by atomic mass is 10.0. The summed E-state index contributed by atoms with van der Waals surface area (Å²) in [7, 11) is 1.88. The van der Waals surface area contributed by atoms with Crippen molar-refractivity contribution in [3.63, 3.8) is 0 Å². The molecule has 0 spiro atoms. The molecule has 0 aliphatic carbocycles. The zero-order chi connectivity index (χ0) is 13.8. The number of rotatable bonds is 5. The van der Waals surface area contributed by atoms with Gasteiger partial charge in [-0.15, -0.1) is 0 Å². The van der Waals surface area contributed by atoms with Gasteiger partial charge in [0, 0.05) is 38.5 Å². The lowest BCUT2D eigenvalue weighted by Gasteiger charge is -2.20. The second-order valence-corrected chi connectivity index (χ2v) is 5.26. The van der Waals surface area contributed by atoms with Crippen LogP contribution in [0.2, 0.25) is 0 Å². The molecule has 1 fully saturated rings. The summed E-state index contributed by atoms with van der Waals surface area (Å²) in [6, 6.07) is 1.99. The molecule has 1 aliphatic rings. The van der Waals surface area contributed by atoms with E-state index in [1.165, 1.54) is 0 Å². The fourth-order valence-corrected chi connectivity index (χ4v) is 2.50. The highest BCUT2D eigenvalue weighted by molar-refractivity contribution is 5.49. The van der Waals surface area contributed by atoms with Gasteiger partial charge in [-0.25, -0.2) is 9.97 Å². The van der Waals surface area contributed by atoms with Crippen LogP contribution in [0.3, 0.4) is 0 Å². The Bertz CT molecular complexity index is 422. The van der Waals surface area contributed by atoms with Crippen LogP contribution in [-0.4, -0.2) is 41.3 Å². The minimum atomic E-state index is -0.245. The first-order chi connectivity index (χ1) is 9.13. The first-order valence-corrected chi connectivity index (χ1v) is 7.12. The average Bonchev–Trinajstić information content (AvgIpc) is 2.88. The van der Waals surface area contributed by atoms with Gasteiger partial charge in [0.1, 0.15) is 17.5 Å². The van der Waals surface area contributed by atoms with Gasteiger partial charge in [-0.1, -0.05) is 6.92 Å². The predicted octanol–water partition coefficient (Wildman–Crippen LogP) is 1.68. The van der Waals surface area contributed by atoms with E-state index in [9.17, 15) is 5.11 Å². The Balaban J connectivity index is 2.17. The van der Waals surface area contributed by atoms with Crippen molar-refractivity contribution in [1.29, 1.82) is 0 Å². The second-order valence-electron chi connectivity index (χ2n) is 5.26. The highest BCUT2D eigenvalue weighted by Crippen LogP contribution is 2.25. The topological polar surface area (TPSA) is 61.3 Å². The van der Waals surface area contributed by atoms with E-state index in [1.54, 1.807) is 0 Å². The minimum absolute atomic E-state index is 0.245. The van der Waals surface area contributed by atoms with Gasteiger partial charge < -0.3 is 15.3 Å². The van der Waals surface area contributed by atoms with Crippen LogP contribution in [0.5, 0.6) is 0 Å². The number of aliphatic hydroxyl groups excluding tert-OH is 1. The number of nitrogens with one attached hydrogen (secondary N) is 1. The molecule has 0 saturated carbocycles. The third-order valence-electron chi connectivity index (χ3n) is 3.72. The van der Waals surface area contributed by atoms with Crippen molar-refractivity contribution in [1.82, 2.24) is 9.97 Å². The normalized spacial score (nSPS) is 20.6. The van der Waals surface area contributed by atoms with Crippen LogP contribution in [0.4, 0.5) is 11.6 Å². The van der Waals surface area contributed by atoms with E-state index in [1.807, 2.05) is 20.0 Å². The molecule has 0 radical (unpaired) electrons. The number of aromatic nitrogens is 2. The third-order valence-corrected chi connectivity index (χ3v) is 3.72. The van der Waals surface area contributed by atoms with Crippen LogP contribution in [0.25, 0.3) is 0 Å². The van der Waals surface area contributed by atoms with E-state index in [-0.39, 0.29) is 6.10 Å². The lowest BCUT2D eigenvalue weighted by Crippen LogP contribution is -2.25. The van der Waals surface area contributed by atoms with Crippen molar-refractivity contribution in [2.24, 2.45) is 5.92 Å². The highest BCUT2D eigenvalue weighted by Gasteiger charge is 2.27. The molecule has 0 aromatic carbocycles.